The fourth-order valence-electron chi connectivity index (χ4n) is 2.88. The molecule has 0 aliphatic heterocycles. The van der Waals surface area contributed by atoms with Crippen LogP contribution in [0.2, 0.25) is 0 Å². The average molecular weight is 334 g/mol. The fourth-order valence-corrected chi connectivity index (χ4v) is 2.88. The smallest absolute Gasteiger partial charge is 0.0466 e. The van der Waals surface area contributed by atoms with E-state index >= 15 is 0 Å². The first-order valence-corrected chi connectivity index (χ1v) is 10.3. The summed E-state index contributed by atoms with van der Waals surface area (Å²) in [5, 5.41) is 3.48. The summed E-state index contributed by atoms with van der Waals surface area (Å²) < 4.78 is 5.59. The third-order valence-electron chi connectivity index (χ3n) is 4.46. The molecule has 0 aliphatic rings. The lowest BCUT2D eigenvalue weighted by Gasteiger charge is -2.06. The minimum Gasteiger partial charge on any atom is -0.385 e. The number of ether oxygens (including phenoxy) is 1. The van der Waals surface area contributed by atoms with Gasteiger partial charge in [-0.25, -0.2) is 0 Å². The van der Waals surface area contributed by atoms with Crippen molar-refractivity contribution in [2.75, 3.05) is 25.1 Å². The summed E-state index contributed by atoms with van der Waals surface area (Å²) in [5.74, 6) is 0. The molecule has 1 rings (SSSR count). The van der Waals surface area contributed by atoms with Gasteiger partial charge in [-0.2, -0.15) is 0 Å². The second-order valence-electron chi connectivity index (χ2n) is 6.79. The van der Waals surface area contributed by atoms with Crippen molar-refractivity contribution in [1.82, 2.24) is 0 Å². The molecular formula is C22H39NO. The number of anilines is 1. The zero-order valence-electron chi connectivity index (χ0n) is 15.9. The minimum atomic E-state index is 0.956. The number of para-hydroxylation sites is 1. The van der Waals surface area contributed by atoms with Gasteiger partial charge in [-0.15, -0.1) is 0 Å². The Hall–Kier alpha value is -1.02. The highest BCUT2D eigenvalue weighted by Gasteiger charge is 1.94. The van der Waals surface area contributed by atoms with E-state index in [1.807, 2.05) is 0 Å². The van der Waals surface area contributed by atoms with Gasteiger partial charge in [-0.3, -0.25) is 0 Å². The van der Waals surface area contributed by atoms with E-state index in [0.29, 0.717) is 0 Å². The first-order chi connectivity index (χ1) is 11.9. The summed E-state index contributed by atoms with van der Waals surface area (Å²) in [6, 6.07) is 10.5. The van der Waals surface area contributed by atoms with Crippen molar-refractivity contribution in [3.8, 4) is 0 Å². The summed E-state index contributed by atoms with van der Waals surface area (Å²) in [4.78, 5) is 0. The molecule has 0 saturated carbocycles. The summed E-state index contributed by atoms with van der Waals surface area (Å²) in [5.41, 5.74) is 1.24. The second-order valence-corrected chi connectivity index (χ2v) is 6.79. The molecule has 2 heteroatoms. The van der Waals surface area contributed by atoms with E-state index in [9.17, 15) is 0 Å². The van der Waals surface area contributed by atoms with Gasteiger partial charge in [0.15, 0.2) is 0 Å². The SMILES string of the molecule is CCCCOCCCCCCCCCCCCNc1ccccc1. The lowest BCUT2D eigenvalue weighted by atomic mass is 10.1. The van der Waals surface area contributed by atoms with Gasteiger partial charge < -0.3 is 10.1 Å². The highest BCUT2D eigenvalue weighted by Crippen LogP contribution is 2.11. The third-order valence-corrected chi connectivity index (χ3v) is 4.46. The van der Waals surface area contributed by atoms with Gasteiger partial charge in [-0.05, 0) is 31.4 Å². The van der Waals surface area contributed by atoms with Crippen molar-refractivity contribution in [2.45, 2.75) is 84.0 Å². The highest BCUT2D eigenvalue weighted by molar-refractivity contribution is 5.42. The van der Waals surface area contributed by atoms with E-state index in [-0.39, 0.29) is 0 Å². The molecule has 0 aromatic heterocycles. The van der Waals surface area contributed by atoms with Crippen LogP contribution in [0.1, 0.15) is 84.0 Å². The molecule has 0 radical (unpaired) electrons. The summed E-state index contributed by atoms with van der Waals surface area (Å²) in [6.45, 7) is 5.24. The number of hydrogen-bond acceptors (Lipinski definition) is 2. The molecule has 0 saturated heterocycles. The van der Waals surface area contributed by atoms with Gasteiger partial charge in [0.25, 0.3) is 0 Å². The van der Waals surface area contributed by atoms with E-state index in [1.165, 1.54) is 82.7 Å². The van der Waals surface area contributed by atoms with Crippen LogP contribution < -0.4 is 5.32 Å². The molecule has 0 unspecified atom stereocenters. The Bertz CT molecular complexity index is 352. The number of nitrogens with one attached hydrogen (secondary N) is 1. The second kappa shape index (κ2) is 16.8. The Kier molecular flexibility index (Phi) is 14.7. The monoisotopic (exact) mass is 333 g/mol. The zero-order valence-corrected chi connectivity index (χ0v) is 15.9. The normalized spacial score (nSPS) is 10.9. The van der Waals surface area contributed by atoms with Gasteiger partial charge in [0.1, 0.15) is 0 Å². The molecule has 0 aliphatic carbocycles. The van der Waals surface area contributed by atoms with Crippen molar-refractivity contribution in [3.05, 3.63) is 30.3 Å². The van der Waals surface area contributed by atoms with Crippen LogP contribution in [0.3, 0.4) is 0 Å². The van der Waals surface area contributed by atoms with Crippen LogP contribution in [0.4, 0.5) is 5.69 Å². The molecule has 138 valence electrons. The van der Waals surface area contributed by atoms with Crippen LogP contribution in [-0.4, -0.2) is 19.8 Å². The predicted octanol–water partition coefficient (Wildman–Crippen LogP) is 6.82. The standard InChI is InChI=1S/C22H39NO/c1-2-3-20-24-21-16-11-9-7-5-4-6-8-10-15-19-23-22-17-13-12-14-18-22/h12-14,17-18,23H,2-11,15-16,19-21H2,1H3. The molecule has 0 amide bonds. The number of hydrogen-bond donors (Lipinski definition) is 1. The lowest BCUT2D eigenvalue weighted by molar-refractivity contribution is 0.127. The number of unbranched alkanes of at least 4 members (excludes halogenated alkanes) is 10. The number of benzene rings is 1. The molecule has 24 heavy (non-hydrogen) atoms. The molecule has 0 spiro atoms. The Morgan fingerprint density at radius 3 is 1.83 bits per heavy atom. The Labute approximate surface area is 150 Å². The quantitative estimate of drug-likeness (QED) is 0.316. The summed E-state index contributed by atoms with van der Waals surface area (Å²) >= 11 is 0. The van der Waals surface area contributed by atoms with E-state index in [2.05, 4.69) is 42.6 Å². The maximum Gasteiger partial charge on any atom is 0.0466 e. The summed E-state index contributed by atoms with van der Waals surface area (Å²) in [6.07, 6.45) is 16.1. The molecule has 1 aromatic rings. The Balaban J connectivity index is 1.70. The van der Waals surface area contributed by atoms with Crippen LogP contribution in [0.5, 0.6) is 0 Å². The Morgan fingerprint density at radius 1 is 0.667 bits per heavy atom. The van der Waals surface area contributed by atoms with Crippen LogP contribution in [0.15, 0.2) is 30.3 Å². The van der Waals surface area contributed by atoms with Gasteiger partial charge in [0.2, 0.25) is 0 Å². The topological polar surface area (TPSA) is 21.3 Å². The van der Waals surface area contributed by atoms with Gasteiger partial charge >= 0.3 is 0 Å². The molecule has 1 aromatic carbocycles. The fraction of sp³-hybridized carbons (Fsp3) is 0.727. The summed E-state index contributed by atoms with van der Waals surface area (Å²) in [7, 11) is 0. The van der Waals surface area contributed by atoms with Gasteiger partial charge in [-0.1, -0.05) is 82.9 Å². The van der Waals surface area contributed by atoms with Crippen LogP contribution in [0.25, 0.3) is 0 Å². The van der Waals surface area contributed by atoms with Gasteiger partial charge in [0, 0.05) is 25.4 Å². The van der Waals surface area contributed by atoms with E-state index in [4.69, 9.17) is 4.74 Å². The van der Waals surface area contributed by atoms with E-state index < -0.39 is 0 Å². The molecule has 2 nitrogen and oxygen atoms in total. The molecule has 0 fully saturated rings. The molecule has 0 bridgehead atoms. The maximum atomic E-state index is 5.59. The largest absolute Gasteiger partial charge is 0.385 e. The van der Waals surface area contributed by atoms with Crippen molar-refractivity contribution < 1.29 is 4.74 Å². The van der Waals surface area contributed by atoms with Crippen LogP contribution in [-0.2, 0) is 4.74 Å². The zero-order chi connectivity index (χ0) is 17.1. The van der Waals surface area contributed by atoms with Crippen molar-refractivity contribution in [1.29, 1.82) is 0 Å². The molecule has 0 heterocycles. The van der Waals surface area contributed by atoms with Crippen molar-refractivity contribution >= 4 is 5.69 Å². The molecular weight excluding hydrogens is 294 g/mol. The van der Waals surface area contributed by atoms with E-state index in [1.54, 1.807) is 0 Å². The predicted molar refractivity (Wildman–Crippen MR) is 107 cm³/mol. The minimum absolute atomic E-state index is 0.956. The molecule has 1 N–H and O–H groups in total. The van der Waals surface area contributed by atoms with Crippen LogP contribution >= 0.6 is 0 Å². The molecule has 0 atom stereocenters. The maximum absolute atomic E-state index is 5.59. The first-order valence-electron chi connectivity index (χ1n) is 10.3. The average Bonchev–Trinajstić information content (AvgIpc) is 2.62. The van der Waals surface area contributed by atoms with Crippen molar-refractivity contribution in [3.63, 3.8) is 0 Å². The first kappa shape index (κ1) is 21.0. The van der Waals surface area contributed by atoms with Crippen molar-refractivity contribution in [2.24, 2.45) is 0 Å². The van der Waals surface area contributed by atoms with Crippen LogP contribution in [0, 0.1) is 0 Å². The highest BCUT2D eigenvalue weighted by atomic mass is 16.5. The third kappa shape index (κ3) is 13.4. The Morgan fingerprint density at radius 2 is 1.21 bits per heavy atom. The number of rotatable bonds is 17. The lowest BCUT2D eigenvalue weighted by Crippen LogP contribution is -2.00. The van der Waals surface area contributed by atoms with E-state index in [0.717, 1.165) is 19.8 Å². The van der Waals surface area contributed by atoms with Gasteiger partial charge in [0.05, 0.1) is 0 Å².